The molecular weight excluding hydrogens is 531 g/mol. The molecule has 202 valence electrons. The van der Waals surface area contributed by atoms with Crippen LogP contribution in [0.2, 0.25) is 0 Å². The average molecular weight is 561 g/mol. The van der Waals surface area contributed by atoms with Gasteiger partial charge in [-0.2, -0.15) is 0 Å². The van der Waals surface area contributed by atoms with Crippen molar-refractivity contribution in [3.8, 4) is 5.75 Å². The summed E-state index contributed by atoms with van der Waals surface area (Å²) in [5.74, 6) is 0.899. The SMILES string of the molecule is COc1ccc2cc(C3=CC(C(=O)c4ccccc4)=P(c4ccccc4)(c4ccccc4)c4ccccc43)ccc2c1. The quantitative estimate of drug-likeness (QED) is 0.155. The molecule has 1 aliphatic rings. The number of fused-ring (bicyclic) bond motifs is 2. The van der Waals surface area contributed by atoms with E-state index in [0.29, 0.717) is 5.56 Å². The van der Waals surface area contributed by atoms with Crippen LogP contribution in [0.25, 0.3) is 16.3 Å². The van der Waals surface area contributed by atoms with Gasteiger partial charge in [-0.05, 0) is 74.5 Å². The standard InChI is InChI=1S/C39H29O2P/c1-41-32-24-23-29-25-31(22-21-30(29)26-32)36-27-38(39(40)28-13-5-2-6-14-28)42(33-15-7-3-8-16-33,34-17-9-4-10-18-34)37-20-12-11-19-35(36)37/h2-27H,1H3. The Hall–Kier alpha value is -4.91. The molecule has 0 fully saturated rings. The molecule has 2 nitrogen and oxygen atoms in total. The Morgan fingerprint density at radius 2 is 1.17 bits per heavy atom. The fourth-order valence-electron chi connectivity index (χ4n) is 6.16. The van der Waals surface area contributed by atoms with Crippen LogP contribution in [0.3, 0.4) is 0 Å². The van der Waals surface area contributed by atoms with Gasteiger partial charge in [-0.3, -0.25) is 4.79 Å². The van der Waals surface area contributed by atoms with Crippen LogP contribution in [0.4, 0.5) is 0 Å². The van der Waals surface area contributed by atoms with Crippen LogP contribution >= 0.6 is 6.89 Å². The minimum atomic E-state index is -2.56. The Morgan fingerprint density at radius 1 is 0.595 bits per heavy atom. The van der Waals surface area contributed by atoms with E-state index in [1.807, 2.05) is 48.5 Å². The summed E-state index contributed by atoms with van der Waals surface area (Å²) in [6.45, 7) is -2.56. The van der Waals surface area contributed by atoms with Gasteiger partial charge in [0.1, 0.15) is 5.75 Å². The molecule has 42 heavy (non-hydrogen) atoms. The zero-order valence-corrected chi connectivity index (χ0v) is 24.2. The maximum atomic E-state index is 14.8. The van der Waals surface area contributed by atoms with Crippen LogP contribution in [0, 0.1) is 0 Å². The third kappa shape index (κ3) is 4.24. The van der Waals surface area contributed by atoms with Crippen molar-refractivity contribution >= 4 is 50.2 Å². The van der Waals surface area contributed by atoms with Gasteiger partial charge in [0.15, 0.2) is 5.78 Å². The van der Waals surface area contributed by atoms with Crippen molar-refractivity contribution in [2.75, 3.05) is 7.11 Å². The molecule has 1 aliphatic heterocycles. The lowest BCUT2D eigenvalue weighted by Gasteiger charge is -2.36. The first kappa shape index (κ1) is 26.0. The molecule has 0 radical (unpaired) electrons. The molecule has 3 heteroatoms. The first-order chi connectivity index (χ1) is 20.7. The van der Waals surface area contributed by atoms with Crippen LogP contribution in [0.5, 0.6) is 5.75 Å². The number of carbonyl (C=O) groups is 1. The Labute approximate surface area is 246 Å². The predicted octanol–water partition coefficient (Wildman–Crippen LogP) is 7.64. The number of rotatable bonds is 6. The Balaban J connectivity index is 1.62. The number of benzene rings is 6. The predicted molar refractivity (Wildman–Crippen MR) is 179 cm³/mol. The van der Waals surface area contributed by atoms with E-state index >= 15 is 0 Å². The van der Waals surface area contributed by atoms with Crippen LogP contribution in [0.1, 0.15) is 21.5 Å². The van der Waals surface area contributed by atoms with Gasteiger partial charge in [0.05, 0.1) is 7.11 Å². The normalized spacial score (nSPS) is 13.7. The van der Waals surface area contributed by atoms with Gasteiger partial charge in [0.2, 0.25) is 0 Å². The second-order valence-corrected chi connectivity index (χ2v) is 13.8. The molecule has 0 bridgehead atoms. The molecule has 0 amide bonds. The molecule has 0 N–H and O–H groups in total. The summed E-state index contributed by atoms with van der Waals surface area (Å²) in [5.41, 5.74) is 4.00. The molecule has 7 rings (SSSR count). The maximum absolute atomic E-state index is 14.8. The molecule has 0 spiro atoms. The molecular formula is C39H29O2P. The molecule has 0 saturated carbocycles. The van der Waals surface area contributed by atoms with E-state index in [0.717, 1.165) is 38.5 Å². The number of allylic oxidation sites excluding steroid dienone is 1. The van der Waals surface area contributed by atoms with Crippen molar-refractivity contribution in [1.29, 1.82) is 0 Å². The van der Waals surface area contributed by atoms with Crippen LogP contribution in [-0.4, -0.2) is 18.2 Å². The highest BCUT2D eigenvalue weighted by atomic mass is 31.2. The fourth-order valence-corrected chi connectivity index (χ4v) is 10.7. The lowest BCUT2D eigenvalue weighted by molar-refractivity contribution is 0.106. The monoisotopic (exact) mass is 560 g/mol. The Kier molecular flexibility index (Phi) is 6.70. The average Bonchev–Trinajstić information content (AvgIpc) is 3.08. The number of Topliss-reactive ketones (excluding diaryl/α,β-unsaturated/α-hetero) is 1. The molecule has 0 unspecified atom stereocenters. The highest BCUT2D eigenvalue weighted by Crippen LogP contribution is 2.52. The van der Waals surface area contributed by atoms with Crippen molar-refractivity contribution in [2.45, 2.75) is 0 Å². The fraction of sp³-hybridized carbons (Fsp3) is 0.0256. The van der Waals surface area contributed by atoms with E-state index in [-0.39, 0.29) is 5.78 Å². The second kappa shape index (κ2) is 10.8. The summed E-state index contributed by atoms with van der Waals surface area (Å²) in [6.07, 6.45) is 2.19. The number of hydrogen-bond acceptors (Lipinski definition) is 2. The summed E-state index contributed by atoms with van der Waals surface area (Å²) in [7, 11) is 1.69. The van der Waals surface area contributed by atoms with Crippen LogP contribution < -0.4 is 20.7 Å². The summed E-state index contributed by atoms with van der Waals surface area (Å²) < 4.78 is 5.46. The zero-order chi connectivity index (χ0) is 28.5. The van der Waals surface area contributed by atoms with E-state index in [1.54, 1.807) is 7.11 Å². The van der Waals surface area contributed by atoms with Gasteiger partial charge >= 0.3 is 0 Å². The molecule has 0 saturated heterocycles. The molecule has 1 heterocycles. The van der Waals surface area contributed by atoms with Crippen molar-refractivity contribution < 1.29 is 9.53 Å². The lowest BCUT2D eigenvalue weighted by Crippen LogP contribution is -2.36. The number of ketones is 1. The van der Waals surface area contributed by atoms with Crippen molar-refractivity contribution in [2.24, 2.45) is 0 Å². The summed E-state index contributed by atoms with van der Waals surface area (Å²) >= 11 is 0. The van der Waals surface area contributed by atoms with Gasteiger partial charge in [-0.1, -0.05) is 133 Å². The molecule has 6 aromatic carbocycles. The highest BCUT2D eigenvalue weighted by molar-refractivity contribution is 7.97. The molecule has 0 aromatic heterocycles. The largest absolute Gasteiger partial charge is 0.497 e. The first-order valence-electron chi connectivity index (χ1n) is 14.1. The first-order valence-corrected chi connectivity index (χ1v) is 15.9. The van der Waals surface area contributed by atoms with Gasteiger partial charge in [0.25, 0.3) is 0 Å². The van der Waals surface area contributed by atoms with E-state index in [2.05, 4.69) is 109 Å². The smallest absolute Gasteiger partial charge is 0.194 e. The Morgan fingerprint density at radius 3 is 1.83 bits per heavy atom. The number of ether oxygens (including phenoxy) is 1. The van der Waals surface area contributed by atoms with Crippen LogP contribution in [0.15, 0.2) is 158 Å². The van der Waals surface area contributed by atoms with E-state index in [1.165, 1.54) is 15.9 Å². The van der Waals surface area contributed by atoms with E-state index < -0.39 is 6.89 Å². The number of methoxy groups -OCH3 is 1. The summed E-state index contributed by atoms with van der Waals surface area (Å²) in [4.78, 5) is 14.8. The van der Waals surface area contributed by atoms with E-state index in [4.69, 9.17) is 4.74 Å². The maximum Gasteiger partial charge on any atom is 0.194 e. The van der Waals surface area contributed by atoms with Gasteiger partial charge in [0, 0.05) is 10.9 Å². The molecule has 6 aromatic rings. The summed E-state index contributed by atoms with van der Waals surface area (Å²) in [6, 6.07) is 52.2. The van der Waals surface area contributed by atoms with Crippen molar-refractivity contribution in [1.82, 2.24) is 0 Å². The van der Waals surface area contributed by atoms with Gasteiger partial charge in [-0.15, -0.1) is 0 Å². The summed E-state index contributed by atoms with van der Waals surface area (Å²) in [5, 5.41) is 6.62. The minimum absolute atomic E-state index is 0.0640. The Bertz CT molecular complexity index is 1980. The van der Waals surface area contributed by atoms with Gasteiger partial charge < -0.3 is 4.74 Å². The van der Waals surface area contributed by atoms with E-state index in [9.17, 15) is 4.79 Å². The molecule has 0 aliphatic carbocycles. The van der Waals surface area contributed by atoms with Crippen molar-refractivity contribution in [3.05, 3.63) is 174 Å². The van der Waals surface area contributed by atoms with Crippen molar-refractivity contribution in [3.63, 3.8) is 0 Å². The minimum Gasteiger partial charge on any atom is -0.497 e. The number of carbonyl (C=O) groups excluding carboxylic acids is 1. The topological polar surface area (TPSA) is 26.3 Å². The van der Waals surface area contributed by atoms with Crippen LogP contribution in [-0.2, 0) is 0 Å². The molecule has 0 atom stereocenters. The van der Waals surface area contributed by atoms with Gasteiger partial charge in [-0.25, -0.2) is 0 Å². The lowest BCUT2D eigenvalue weighted by atomic mass is 9.93. The highest BCUT2D eigenvalue weighted by Gasteiger charge is 2.37. The number of hydrogen-bond donors (Lipinski definition) is 0. The second-order valence-electron chi connectivity index (χ2n) is 10.4. The zero-order valence-electron chi connectivity index (χ0n) is 23.3. The third-order valence-corrected chi connectivity index (χ3v) is 12.4. The third-order valence-electron chi connectivity index (χ3n) is 8.11.